The molecule has 1 aliphatic heterocycles. The second-order valence-corrected chi connectivity index (χ2v) is 10.6. The predicted octanol–water partition coefficient (Wildman–Crippen LogP) is 4.28. The maximum absolute atomic E-state index is 13.1. The Hall–Kier alpha value is -2.97. The maximum Gasteiger partial charge on any atom is 0.255 e. The van der Waals surface area contributed by atoms with Crippen molar-refractivity contribution in [1.29, 1.82) is 0 Å². The minimum Gasteiger partial charge on any atom is -0.322 e. The van der Waals surface area contributed by atoms with Crippen LogP contribution in [0.25, 0.3) is 0 Å². The molecule has 0 saturated carbocycles. The first-order chi connectivity index (χ1) is 15.7. The van der Waals surface area contributed by atoms with Gasteiger partial charge in [0.2, 0.25) is 10.0 Å². The molecular formula is C25H30N4O3S. The summed E-state index contributed by atoms with van der Waals surface area (Å²) >= 11 is 0. The number of nitrogens with zero attached hydrogens (tertiary/aromatic N) is 3. The van der Waals surface area contributed by atoms with Crippen molar-refractivity contribution in [3.8, 4) is 0 Å². The topological polar surface area (TPSA) is 84.3 Å². The normalized spacial score (nSPS) is 14.9. The fraction of sp³-hybridized carbons (Fsp3) is 0.360. The lowest BCUT2D eigenvalue weighted by molar-refractivity contribution is 0.102. The molecule has 174 valence electrons. The minimum atomic E-state index is -3.58. The van der Waals surface area contributed by atoms with E-state index in [1.807, 2.05) is 36.7 Å². The standard InChI is InChI=1S/C25H30N4O3S/c1-18-7-12-23(16-24(18)33(31,32)28-13-5-4-6-14-28)26-25(30)22-10-8-21(9-11-22)17-29-20(3)15-19(2)27-29/h7-12,15-16H,4-6,13-14,17H2,1-3H3,(H,26,30). The molecule has 0 aliphatic carbocycles. The zero-order valence-corrected chi connectivity index (χ0v) is 20.2. The highest BCUT2D eigenvalue weighted by molar-refractivity contribution is 7.89. The molecule has 33 heavy (non-hydrogen) atoms. The minimum absolute atomic E-state index is 0.252. The van der Waals surface area contributed by atoms with Crippen LogP contribution in [-0.2, 0) is 16.6 Å². The monoisotopic (exact) mass is 466 g/mol. The van der Waals surface area contributed by atoms with Crippen molar-refractivity contribution in [2.24, 2.45) is 0 Å². The molecule has 0 unspecified atom stereocenters. The molecule has 1 aliphatic rings. The number of carbonyl (C=O) groups excluding carboxylic acids is 1. The molecule has 2 aromatic carbocycles. The number of sulfonamides is 1. The number of hydrogen-bond acceptors (Lipinski definition) is 4. The van der Waals surface area contributed by atoms with E-state index < -0.39 is 10.0 Å². The number of aromatic nitrogens is 2. The van der Waals surface area contributed by atoms with E-state index in [-0.39, 0.29) is 10.8 Å². The molecule has 3 aromatic rings. The molecule has 4 rings (SSSR count). The fourth-order valence-corrected chi connectivity index (χ4v) is 5.94. The lowest BCUT2D eigenvalue weighted by Crippen LogP contribution is -2.36. The molecule has 1 amide bonds. The molecule has 2 heterocycles. The Labute approximate surface area is 195 Å². The van der Waals surface area contributed by atoms with Gasteiger partial charge in [-0.2, -0.15) is 9.40 Å². The average molecular weight is 467 g/mol. The molecule has 0 radical (unpaired) electrons. The summed E-state index contributed by atoms with van der Waals surface area (Å²) in [6.07, 6.45) is 2.82. The van der Waals surface area contributed by atoms with Crippen molar-refractivity contribution in [2.45, 2.75) is 51.5 Å². The summed E-state index contributed by atoms with van der Waals surface area (Å²) in [7, 11) is -3.58. The molecule has 1 N–H and O–H groups in total. The van der Waals surface area contributed by atoms with Gasteiger partial charge in [0.25, 0.3) is 5.91 Å². The first-order valence-corrected chi connectivity index (χ1v) is 12.7. The number of aryl methyl sites for hydroxylation is 3. The fourth-order valence-electron chi connectivity index (χ4n) is 4.17. The Morgan fingerprint density at radius 2 is 1.67 bits per heavy atom. The van der Waals surface area contributed by atoms with Gasteiger partial charge in [0.1, 0.15) is 0 Å². The Morgan fingerprint density at radius 3 is 2.30 bits per heavy atom. The van der Waals surface area contributed by atoms with Crippen molar-refractivity contribution >= 4 is 21.6 Å². The lowest BCUT2D eigenvalue weighted by atomic mass is 10.1. The van der Waals surface area contributed by atoms with Crippen LogP contribution in [0.4, 0.5) is 5.69 Å². The zero-order valence-electron chi connectivity index (χ0n) is 19.3. The van der Waals surface area contributed by atoms with Crippen LogP contribution in [0.5, 0.6) is 0 Å². The Balaban J connectivity index is 1.48. The molecule has 7 nitrogen and oxygen atoms in total. The van der Waals surface area contributed by atoms with Gasteiger partial charge in [0.15, 0.2) is 0 Å². The maximum atomic E-state index is 13.1. The second kappa shape index (κ2) is 9.49. The second-order valence-electron chi connectivity index (χ2n) is 8.68. The summed E-state index contributed by atoms with van der Waals surface area (Å²) in [5.41, 5.74) is 4.75. The Kier molecular flexibility index (Phi) is 6.67. The van der Waals surface area contributed by atoms with Crippen LogP contribution in [0.15, 0.2) is 53.4 Å². The molecule has 1 saturated heterocycles. The molecular weight excluding hydrogens is 436 g/mol. The van der Waals surface area contributed by atoms with Gasteiger partial charge in [-0.15, -0.1) is 0 Å². The van der Waals surface area contributed by atoms with Gasteiger partial charge in [-0.3, -0.25) is 9.48 Å². The number of piperidine rings is 1. The zero-order chi connectivity index (χ0) is 23.6. The van der Waals surface area contributed by atoms with E-state index >= 15 is 0 Å². The summed E-state index contributed by atoms with van der Waals surface area (Å²) in [4.78, 5) is 13.1. The van der Waals surface area contributed by atoms with Gasteiger partial charge in [0, 0.05) is 30.0 Å². The van der Waals surface area contributed by atoms with Crippen molar-refractivity contribution < 1.29 is 13.2 Å². The third-order valence-corrected chi connectivity index (χ3v) is 8.07. The summed E-state index contributed by atoms with van der Waals surface area (Å²) < 4.78 is 29.7. The molecule has 0 bridgehead atoms. The highest BCUT2D eigenvalue weighted by Crippen LogP contribution is 2.26. The van der Waals surface area contributed by atoms with Crippen LogP contribution in [-0.4, -0.2) is 41.5 Å². The molecule has 0 atom stereocenters. The highest BCUT2D eigenvalue weighted by atomic mass is 32.2. The van der Waals surface area contributed by atoms with Crippen LogP contribution in [0.2, 0.25) is 0 Å². The first-order valence-electron chi connectivity index (χ1n) is 11.3. The van der Waals surface area contributed by atoms with Gasteiger partial charge in [-0.1, -0.05) is 24.6 Å². The summed E-state index contributed by atoms with van der Waals surface area (Å²) in [6.45, 7) is 7.49. The number of hydrogen-bond donors (Lipinski definition) is 1. The van der Waals surface area contributed by atoms with E-state index in [9.17, 15) is 13.2 Å². The van der Waals surface area contributed by atoms with Gasteiger partial charge >= 0.3 is 0 Å². The summed E-state index contributed by atoms with van der Waals surface area (Å²) in [5, 5.41) is 7.32. The summed E-state index contributed by atoms with van der Waals surface area (Å²) in [5.74, 6) is -0.280. The Bertz CT molecular complexity index is 1260. The highest BCUT2D eigenvalue weighted by Gasteiger charge is 2.27. The third-order valence-electron chi connectivity index (χ3n) is 6.03. The van der Waals surface area contributed by atoms with Gasteiger partial charge in [0.05, 0.1) is 17.1 Å². The SMILES string of the molecule is Cc1cc(C)n(Cc2ccc(C(=O)Nc3ccc(C)c(S(=O)(=O)N4CCCCC4)c3)cc2)n1. The number of amides is 1. The number of benzene rings is 2. The van der Waals surface area contributed by atoms with Crippen LogP contribution in [0.1, 0.15) is 52.1 Å². The smallest absolute Gasteiger partial charge is 0.255 e. The van der Waals surface area contributed by atoms with E-state index in [4.69, 9.17) is 0 Å². The summed E-state index contributed by atoms with van der Waals surface area (Å²) in [6, 6.07) is 14.4. The van der Waals surface area contributed by atoms with E-state index in [0.717, 1.165) is 36.2 Å². The number of rotatable bonds is 6. The lowest BCUT2D eigenvalue weighted by Gasteiger charge is -2.26. The van der Waals surface area contributed by atoms with Gasteiger partial charge in [-0.25, -0.2) is 8.42 Å². The van der Waals surface area contributed by atoms with Crippen LogP contribution >= 0.6 is 0 Å². The van der Waals surface area contributed by atoms with Crippen LogP contribution < -0.4 is 5.32 Å². The van der Waals surface area contributed by atoms with Crippen LogP contribution in [0.3, 0.4) is 0 Å². The van der Waals surface area contributed by atoms with Gasteiger partial charge < -0.3 is 5.32 Å². The van der Waals surface area contributed by atoms with Crippen LogP contribution in [0, 0.1) is 20.8 Å². The van der Waals surface area contributed by atoms with E-state index in [1.54, 1.807) is 41.6 Å². The molecule has 0 spiro atoms. The average Bonchev–Trinajstić information content (AvgIpc) is 3.12. The molecule has 1 fully saturated rings. The van der Waals surface area contributed by atoms with Crippen molar-refractivity contribution in [2.75, 3.05) is 18.4 Å². The van der Waals surface area contributed by atoms with Gasteiger partial charge in [-0.05, 0) is 75.1 Å². The predicted molar refractivity (Wildman–Crippen MR) is 129 cm³/mol. The molecule has 8 heteroatoms. The number of nitrogens with one attached hydrogen (secondary N) is 1. The molecule has 1 aromatic heterocycles. The quantitative estimate of drug-likeness (QED) is 0.588. The first kappa shape index (κ1) is 23.2. The van der Waals surface area contributed by atoms with E-state index in [0.29, 0.717) is 36.4 Å². The number of carbonyl (C=O) groups is 1. The Morgan fingerprint density at radius 1 is 0.970 bits per heavy atom. The van der Waals surface area contributed by atoms with E-state index in [2.05, 4.69) is 10.4 Å². The van der Waals surface area contributed by atoms with Crippen molar-refractivity contribution in [3.63, 3.8) is 0 Å². The number of anilines is 1. The third kappa shape index (κ3) is 5.17. The van der Waals surface area contributed by atoms with E-state index in [1.165, 1.54) is 0 Å². The van der Waals surface area contributed by atoms with Crippen molar-refractivity contribution in [3.05, 3.63) is 76.6 Å². The van der Waals surface area contributed by atoms with Crippen molar-refractivity contribution in [1.82, 2.24) is 14.1 Å². The largest absolute Gasteiger partial charge is 0.322 e.